The van der Waals surface area contributed by atoms with Crippen LogP contribution in [-0.2, 0) is 25.0 Å². The standard InChI is InChI=1S/C18H16FN2O8PS/c1-2-10-7-21(17(31)20-15(10)24)16-13(22)14(23)18(19,28-16)9-27-30(25)26-8-11-5-3-4-6-12(11)29-30/h1,3-7,13-14,16,22-23H,8-9H2,(H,20,24,31)/t13-,14+,16-,18-,30?/m1/s1/i9D2,16D. The van der Waals surface area contributed by atoms with E-state index >= 15 is 4.39 Å². The number of aliphatic hydroxyl groups is 2. The maximum absolute atomic E-state index is 15.9. The second-order valence-electron chi connectivity index (χ2n) is 6.40. The van der Waals surface area contributed by atoms with Gasteiger partial charge >= 0.3 is 7.82 Å². The minimum absolute atomic E-state index is 0.0323. The SMILES string of the molecule is [2H]C([2H])(OP1(=O)OCc2ccccc2O1)[C@@]1(F)O[C@@]([2H])(n2cc(C#C)c(=O)[nH]c2=S)[C@H](O)[C@@H]1O. The molecule has 10 nitrogen and oxygen atoms in total. The Morgan fingerprint density at radius 1 is 1.55 bits per heavy atom. The largest absolute Gasteiger partial charge is 0.530 e. The monoisotopic (exact) mass is 473 g/mol. The van der Waals surface area contributed by atoms with Gasteiger partial charge in [-0.3, -0.25) is 23.4 Å². The number of phosphoric ester groups is 1. The molecule has 3 heterocycles. The maximum Gasteiger partial charge on any atom is 0.530 e. The average Bonchev–Trinajstić information content (AvgIpc) is 2.94. The number of nitrogens with one attached hydrogen (secondary N) is 1. The molecule has 2 aromatic rings. The highest BCUT2D eigenvalue weighted by atomic mass is 32.1. The predicted octanol–water partition coefficient (Wildman–Crippen LogP) is 1.54. The maximum atomic E-state index is 15.9. The number of nitrogens with zero attached hydrogens (tertiary/aromatic N) is 1. The Balaban J connectivity index is 1.70. The summed E-state index contributed by atoms with van der Waals surface area (Å²) in [5.74, 6) is -1.98. The number of para-hydroxylation sites is 1. The predicted molar refractivity (Wildman–Crippen MR) is 105 cm³/mol. The minimum Gasteiger partial charge on any atom is -0.404 e. The number of alkyl halides is 1. The van der Waals surface area contributed by atoms with E-state index in [-0.39, 0.29) is 17.9 Å². The van der Waals surface area contributed by atoms with E-state index in [9.17, 15) is 19.6 Å². The molecule has 31 heavy (non-hydrogen) atoms. The smallest absolute Gasteiger partial charge is 0.404 e. The molecule has 1 aromatic carbocycles. The molecule has 4 rings (SSSR count). The van der Waals surface area contributed by atoms with Gasteiger partial charge in [0.25, 0.3) is 11.4 Å². The van der Waals surface area contributed by atoms with Crippen LogP contribution in [0, 0.1) is 17.1 Å². The highest BCUT2D eigenvalue weighted by Gasteiger charge is 2.57. The van der Waals surface area contributed by atoms with Gasteiger partial charge in [0.1, 0.15) is 30.1 Å². The molecule has 0 bridgehead atoms. The molecule has 2 aliphatic rings. The van der Waals surface area contributed by atoms with E-state index in [4.69, 9.17) is 41.1 Å². The first kappa shape index (κ1) is 18.2. The number of hydrogen-bond acceptors (Lipinski definition) is 9. The number of rotatable bonds is 4. The molecule has 1 fully saturated rings. The van der Waals surface area contributed by atoms with Gasteiger partial charge in [-0.15, -0.1) is 6.42 Å². The van der Waals surface area contributed by atoms with Crippen LogP contribution in [0.2, 0.25) is 0 Å². The fourth-order valence-corrected chi connectivity index (χ4v) is 4.12. The van der Waals surface area contributed by atoms with Crippen molar-refractivity contribution in [2.45, 2.75) is 30.9 Å². The third kappa shape index (κ3) is 3.97. The van der Waals surface area contributed by atoms with E-state index in [2.05, 4.69) is 4.98 Å². The van der Waals surface area contributed by atoms with Gasteiger partial charge in [0.05, 0.1) is 10.7 Å². The molecule has 5 atom stereocenters. The average molecular weight is 473 g/mol. The van der Waals surface area contributed by atoms with Gasteiger partial charge in [-0.05, 0) is 18.3 Å². The Kier molecular flexibility index (Phi) is 4.68. The minimum atomic E-state index is -4.80. The number of aromatic nitrogens is 2. The summed E-state index contributed by atoms with van der Waals surface area (Å²) in [5, 5.41) is 20.8. The molecule has 3 N–H and O–H groups in total. The van der Waals surface area contributed by atoms with Crippen LogP contribution in [-0.4, -0.2) is 44.4 Å². The zero-order valence-electron chi connectivity index (χ0n) is 18.4. The molecule has 0 saturated carbocycles. The number of hydrogen-bond donors (Lipinski definition) is 3. The van der Waals surface area contributed by atoms with Crippen LogP contribution >= 0.6 is 20.0 Å². The van der Waals surface area contributed by atoms with Gasteiger partial charge in [-0.2, -0.15) is 0 Å². The third-order valence-corrected chi connectivity index (χ3v) is 5.86. The first-order valence-corrected chi connectivity index (χ1v) is 10.4. The number of phosphoric acid groups is 1. The lowest BCUT2D eigenvalue weighted by Gasteiger charge is -2.28. The van der Waals surface area contributed by atoms with Gasteiger partial charge in [-0.1, -0.05) is 24.1 Å². The Labute approximate surface area is 184 Å². The van der Waals surface area contributed by atoms with Gasteiger partial charge in [0, 0.05) is 11.8 Å². The summed E-state index contributed by atoms with van der Waals surface area (Å²) < 4.78 is 72.9. The van der Waals surface area contributed by atoms with Crippen molar-refractivity contribution in [3.63, 3.8) is 0 Å². The molecule has 0 aliphatic carbocycles. The van der Waals surface area contributed by atoms with Crippen molar-refractivity contribution >= 4 is 20.0 Å². The Hall–Kier alpha value is -2.36. The highest BCUT2D eigenvalue weighted by Crippen LogP contribution is 2.55. The Morgan fingerprint density at radius 3 is 3.03 bits per heavy atom. The summed E-state index contributed by atoms with van der Waals surface area (Å²) in [6, 6.07) is 6.16. The topological polar surface area (TPSA) is 132 Å². The molecule has 164 valence electrons. The Bertz CT molecular complexity index is 1370. The number of halogens is 1. The molecule has 0 spiro atoms. The molecule has 0 radical (unpaired) electrons. The quantitative estimate of drug-likeness (QED) is 0.344. The van der Waals surface area contributed by atoms with Crippen LogP contribution < -0.4 is 10.1 Å². The molecule has 1 aromatic heterocycles. The summed E-state index contributed by atoms with van der Waals surface area (Å²) in [6.45, 7) is -4.13. The number of H-pyrrole nitrogens is 1. The van der Waals surface area contributed by atoms with E-state index in [1.165, 1.54) is 12.1 Å². The number of benzene rings is 1. The van der Waals surface area contributed by atoms with Crippen LogP contribution in [0.3, 0.4) is 0 Å². The van der Waals surface area contributed by atoms with Crippen molar-refractivity contribution in [2.75, 3.05) is 6.56 Å². The summed E-state index contributed by atoms with van der Waals surface area (Å²) in [4.78, 5) is 13.9. The molecular formula is C18H16FN2O8PS. The molecular weight excluding hydrogens is 454 g/mol. The second kappa shape index (κ2) is 7.96. The molecule has 0 amide bonds. The van der Waals surface area contributed by atoms with Gasteiger partial charge in [0.2, 0.25) is 0 Å². The van der Waals surface area contributed by atoms with Crippen LogP contribution in [0.5, 0.6) is 5.75 Å². The lowest BCUT2D eigenvalue weighted by Crippen LogP contribution is -2.43. The summed E-state index contributed by atoms with van der Waals surface area (Å²) in [5.41, 5.74) is -0.744. The lowest BCUT2D eigenvalue weighted by atomic mass is 10.1. The van der Waals surface area contributed by atoms with E-state index < -0.39 is 49.0 Å². The third-order valence-electron chi connectivity index (χ3n) is 4.38. The van der Waals surface area contributed by atoms with Gasteiger partial charge in [0.15, 0.2) is 11.0 Å². The number of terminal acetylenes is 1. The van der Waals surface area contributed by atoms with Crippen molar-refractivity contribution in [1.29, 1.82) is 0 Å². The number of aromatic amines is 1. The Morgan fingerprint density at radius 2 is 2.29 bits per heavy atom. The first-order chi connectivity index (χ1) is 15.8. The number of ether oxygens (including phenoxy) is 1. The van der Waals surface area contributed by atoms with Crippen molar-refractivity contribution in [1.82, 2.24) is 9.55 Å². The van der Waals surface area contributed by atoms with Crippen molar-refractivity contribution in [3.8, 4) is 18.1 Å². The fourth-order valence-electron chi connectivity index (χ4n) is 2.79. The van der Waals surface area contributed by atoms with E-state index in [0.717, 1.165) is 6.20 Å². The normalized spacial score (nSPS) is 36.4. The van der Waals surface area contributed by atoms with Crippen molar-refractivity contribution in [2.24, 2.45) is 0 Å². The zero-order chi connectivity index (χ0) is 25.1. The molecule has 1 unspecified atom stereocenters. The summed E-state index contributed by atoms with van der Waals surface area (Å²) in [7, 11) is -4.80. The summed E-state index contributed by atoms with van der Waals surface area (Å²) >= 11 is 4.92. The molecule has 13 heteroatoms. The van der Waals surface area contributed by atoms with Crippen LogP contribution in [0.25, 0.3) is 0 Å². The summed E-state index contributed by atoms with van der Waals surface area (Å²) in [6.07, 6.45) is -2.30. The molecule has 2 aliphatic heterocycles. The first-order valence-electron chi connectivity index (χ1n) is 10.1. The highest BCUT2D eigenvalue weighted by molar-refractivity contribution is 7.71. The van der Waals surface area contributed by atoms with E-state index in [1.807, 2.05) is 5.92 Å². The second-order valence-corrected chi connectivity index (χ2v) is 8.31. The van der Waals surface area contributed by atoms with Crippen molar-refractivity contribution < 1.29 is 41.6 Å². The van der Waals surface area contributed by atoms with Gasteiger partial charge in [-0.25, -0.2) is 8.96 Å². The lowest BCUT2D eigenvalue weighted by molar-refractivity contribution is -0.205. The van der Waals surface area contributed by atoms with Crippen LogP contribution in [0.4, 0.5) is 4.39 Å². The van der Waals surface area contributed by atoms with Crippen LogP contribution in [0.15, 0.2) is 35.3 Å². The van der Waals surface area contributed by atoms with E-state index in [0.29, 0.717) is 10.1 Å². The zero-order valence-corrected chi connectivity index (χ0v) is 17.1. The van der Waals surface area contributed by atoms with Crippen LogP contribution in [0.1, 0.15) is 21.4 Å². The van der Waals surface area contributed by atoms with E-state index in [1.54, 1.807) is 12.1 Å². The van der Waals surface area contributed by atoms with Gasteiger partial charge < -0.3 is 19.5 Å². The molecule has 1 saturated heterocycles. The van der Waals surface area contributed by atoms with Crippen molar-refractivity contribution in [3.05, 3.63) is 56.7 Å². The number of aliphatic hydroxyl groups excluding tert-OH is 2. The fraction of sp³-hybridized carbons (Fsp3) is 0.333. The number of fused-ring (bicyclic) bond motifs is 1.